The highest BCUT2D eigenvalue weighted by Gasteiger charge is 2.43. The summed E-state index contributed by atoms with van der Waals surface area (Å²) in [5.41, 5.74) is -0.0544. The normalized spacial score (nSPS) is 18.0. The van der Waals surface area contributed by atoms with E-state index in [4.69, 9.17) is 4.43 Å². The Hall–Kier alpha value is -1.89. The predicted molar refractivity (Wildman–Crippen MR) is 89.1 cm³/mol. The lowest BCUT2D eigenvalue weighted by Crippen LogP contribution is -2.44. The van der Waals surface area contributed by atoms with E-state index in [-0.39, 0.29) is 5.92 Å². The summed E-state index contributed by atoms with van der Waals surface area (Å²) in [5.74, 6) is -0.105. The maximum absolute atomic E-state index is 10.00. The zero-order valence-electron chi connectivity index (χ0n) is 12.8. The Labute approximate surface area is 128 Å². The van der Waals surface area contributed by atoms with Crippen molar-refractivity contribution in [2.75, 3.05) is 0 Å². The SMILES string of the molecule is C[Si](C)(C)O[C@](C#N)(c1ccccc1)C1C=CC=CC=C1. The van der Waals surface area contributed by atoms with Gasteiger partial charge in [-0.05, 0) is 25.2 Å². The molecule has 0 amide bonds. The molecule has 0 aliphatic heterocycles. The molecule has 0 N–H and O–H groups in total. The van der Waals surface area contributed by atoms with Crippen LogP contribution >= 0.6 is 0 Å². The van der Waals surface area contributed by atoms with Gasteiger partial charge in [0.15, 0.2) is 13.9 Å². The van der Waals surface area contributed by atoms with Gasteiger partial charge < -0.3 is 4.43 Å². The summed E-state index contributed by atoms with van der Waals surface area (Å²) in [7, 11) is -1.91. The molecule has 0 radical (unpaired) electrons. The Bertz CT molecular complexity index is 588. The van der Waals surface area contributed by atoms with Crippen LogP contribution in [0.4, 0.5) is 0 Å². The number of allylic oxidation sites excluding steroid dienone is 4. The first-order valence-electron chi connectivity index (χ1n) is 7.16. The molecule has 1 aromatic carbocycles. The van der Waals surface area contributed by atoms with E-state index in [0.717, 1.165) is 5.56 Å². The summed E-state index contributed by atoms with van der Waals surface area (Å²) in [6.07, 6.45) is 12.0. The molecule has 0 bridgehead atoms. The highest BCUT2D eigenvalue weighted by molar-refractivity contribution is 6.69. The second kappa shape index (κ2) is 6.25. The predicted octanol–water partition coefficient (Wildman–Crippen LogP) is 4.56. The molecule has 0 fully saturated rings. The molecule has 0 saturated carbocycles. The van der Waals surface area contributed by atoms with Crippen molar-refractivity contribution in [3.05, 3.63) is 72.4 Å². The Balaban J connectivity index is 2.55. The highest BCUT2D eigenvalue weighted by Crippen LogP contribution is 2.38. The third-order valence-electron chi connectivity index (χ3n) is 3.28. The number of nitriles is 1. The number of nitrogens with zero attached hydrogens (tertiary/aromatic N) is 1. The number of hydrogen-bond acceptors (Lipinski definition) is 2. The van der Waals surface area contributed by atoms with Gasteiger partial charge >= 0.3 is 0 Å². The van der Waals surface area contributed by atoms with Crippen LogP contribution in [0.2, 0.25) is 19.6 Å². The van der Waals surface area contributed by atoms with Crippen molar-refractivity contribution in [2.45, 2.75) is 25.2 Å². The number of benzene rings is 1. The van der Waals surface area contributed by atoms with E-state index in [2.05, 4.69) is 25.7 Å². The second-order valence-electron chi connectivity index (χ2n) is 6.11. The summed E-state index contributed by atoms with van der Waals surface area (Å²) in [6, 6.07) is 12.3. The smallest absolute Gasteiger partial charge is 0.186 e. The fraction of sp³-hybridized carbons (Fsp3) is 0.278. The summed E-state index contributed by atoms with van der Waals surface area (Å²) >= 11 is 0. The van der Waals surface area contributed by atoms with Gasteiger partial charge in [-0.15, -0.1) is 0 Å². The van der Waals surface area contributed by atoms with Gasteiger partial charge in [-0.25, -0.2) is 0 Å². The lowest BCUT2D eigenvalue weighted by Gasteiger charge is -2.37. The van der Waals surface area contributed by atoms with Crippen LogP contribution in [0.1, 0.15) is 5.56 Å². The minimum atomic E-state index is -1.91. The molecule has 0 spiro atoms. The van der Waals surface area contributed by atoms with E-state index in [9.17, 15) is 5.26 Å². The quantitative estimate of drug-likeness (QED) is 0.763. The van der Waals surface area contributed by atoms with Crippen LogP contribution in [-0.2, 0) is 10.0 Å². The van der Waals surface area contributed by atoms with Gasteiger partial charge in [0, 0.05) is 5.92 Å². The van der Waals surface area contributed by atoms with E-state index < -0.39 is 13.9 Å². The van der Waals surface area contributed by atoms with Gasteiger partial charge in [-0.3, -0.25) is 0 Å². The fourth-order valence-electron chi connectivity index (χ4n) is 2.48. The molecular weight excluding hydrogens is 274 g/mol. The zero-order valence-corrected chi connectivity index (χ0v) is 13.8. The molecule has 0 unspecified atom stereocenters. The van der Waals surface area contributed by atoms with E-state index in [1.54, 1.807) is 0 Å². The molecule has 0 aromatic heterocycles. The van der Waals surface area contributed by atoms with Gasteiger partial charge in [-0.1, -0.05) is 66.8 Å². The van der Waals surface area contributed by atoms with E-state index in [1.165, 1.54) is 0 Å². The minimum Gasteiger partial charge on any atom is -0.396 e. The van der Waals surface area contributed by atoms with Crippen molar-refractivity contribution in [3.63, 3.8) is 0 Å². The van der Waals surface area contributed by atoms with Crippen LogP contribution < -0.4 is 0 Å². The largest absolute Gasteiger partial charge is 0.396 e. The molecule has 3 heteroatoms. The van der Waals surface area contributed by atoms with Crippen molar-refractivity contribution >= 4 is 8.32 Å². The number of rotatable bonds is 4. The molecular formula is C18H21NOSi. The molecule has 2 nitrogen and oxygen atoms in total. The minimum absolute atomic E-state index is 0.105. The van der Waals surface area contributed by atoms with E-state index in [1.807, 2.05) is 66.8 Å². The average molecular weight is 295 g/mol. The van der Waals surface area contributed by atoms with Crippen molar-refractivity contribution < 1.29 is 4.43 Å². The summed E-state index contributed by atoms with van der Waals surface area (Å²) in [5, 5.41) is 10.00. The lowest BCUT2D eigenvalue weighted by atomic mass is 9.82. The van der Waals surface area contributed by atoms with Crippen molar-refractivity contribution in [3.8, 4) is 6.07 Å². The summed E-state index contributed by atoms with van der Waals surface area (Å²) in [4.78, 5) is 0. The third-order valence-corrected chi connectivity index (χ3v) is 4.21. The fourth-order valence-corrected chi connectivity index (χ4v) is 3.75. The van der Waals surface area contributed by atoms with E-state index in [0.29, 0.717) is 0 Å². The van der Waals surface area contributed by atoms with Crippen molar-refractivity contribution in [2.24, 2.45) is 5.92 Å². The Morgan fingerprint density at radius 1 is 1.00 bits per heavy atom. The van der Waals surface area contributed by atoms with Crippen LogP contribution in [-0.4, -0.2) is 8.32 Å². The lowest BCUT2D eigenvalue weighted by molar-refractivity contribution is 0.0915. The maximum Gasteiger partial charge on any atom is 0.186 e. The van der Waals surface area contributed by atoms with Crippen LogP contribution in [0.3, 0.4) is 0 Å². The first-order chi connectivity index (χ1) is 9.98. The van der Waals surface area contributed by atoms with Crippen LogP contribution in [0, 0.1) is 17.2 Å². The van der Waals surface area contributed by atoms with Gasteiger partial charge in [0.05, 0.1) is 0 Å². The topological polar surface area (TPSA) is 33.0 Å². The number of hydrogen-bond donors (Lipinski definition) is 0. The van der Waals surface area contributed by atoms with E-state index >= 15 is 0 Å². The molecule has 108 valence electrons. The Morgan fingerprint density at radius 3 is 2.05 bits per heavy atom. The molecule has 1 aliphatic rings. The molecule has 2 rings (SSSR count). The molecule has 1 atom stereocenters. The van der Waals surface area contributed by atoms with Crippen molar-refractivity contribution in [1.29, 1.82) is 5.26 Å². The van der Waals surface area contributed by atoms with Gasteiger partial charge in [0.2, 0.25) is 0 Å². The second-order valence-corrected chi connectivity index (χ2v) is 10.5. The van der Waals surface area contributed by atoms with Gasteiger partial charge in [-0.2, -0.15) is 5.26 Å². The first kappa shape index (κ1) is 15.5. The monoisotopic (exact) mass is 295 g/mol. The summed E-state index contributed by atoms with van der Waals surface area (Å²) < 4.78 is 6.40. The van der Waals surface area contributed by atoms with Crippen LogP contribution in [0.15, 0.2) is 66.8 Å². The maximum atomic E-state index is 10.00. The third kappa shape index (κ3) is 3.60. The van der Waals surface area contributed by atoms with Crippen molar-refractivity contribution in [1.82, 2.24) is 0 Å². The summed E-state index contributed by atoms with van der Waals surface area (Å²) in [6.45, 7) is 6.35. The first-order valence-corrected chi connectivity index (χ1v) is 10.6. The zero-order chi connectivity index (χ0) is 15.3. The molecule has 0 saturated heterocycles. The standard InChI is InChI=1S/C18H21NOSi/c1-21(2,3)20-18(15-19,17-13-9-6-10-14-17)16-11-7-4-5-8-12-16/h4-14,16H,1-3H3/t18-/m0/s1. The molecule has 1 aromatic rings. The molecule has 21 heavy (non-hydrogen) atoms. The van der Waals surface area contributed by atoms with Gasteiger partial charge in [0.25, 0.3) is 0 Å². The Kier molecular flexibility index (Phi) is 4.61. The molecule has 0 heterocycles. The highest BCUT2D eigenvalue weighted by atomic mass is 28.4. The van der Waals surface area contributed by atoms with Crippen LogP contribution in [0.5, 0.6) is 0 Å². The van der Waals surface area contributed by atoms with Gasteiger partial charge in [0.1, 0.15) is 6.07 Å². The van der Waals surface area contributed by atoms with Crippen LogP contribution in [0.25, 0.3) is 0 Å². The molecule has 1 aliphatic carbocycles. The average Bonchev–Trinajstić information content (AvgIpc) is 2.74. The Morgan fingerprint density at radius 2 is 1.57 bits per heavy atom.